The van der Waals surface area contributed by atoms with E-state index in [2.05, 4.69) is 31.2 Å². The van der Waals surface area contributed by atoms with Crippen LogP contribution >= 0.6 is 0 Å². The Kier molecular flexibility index (Phi) is 6.71. The second-order valence-electron chi connectivity index (χ2n) is 5.63. The highest BCUT2D eigenvalue weighted by Crippen LogP contribution is 2.12. The van der Waals surface area contributed by atoms with Gasteiger partial charge >= 0.3 is 0 Å². The van der Waals surface area contributed by atoms with Gasteiger partial charge in [0, 0.05) is 18.3 Å². The molecule has 114 valence electrons. The zero-order valence-electron chi connectivity index (χ0n) is 13.1. The van der Waals surface area contributed by atoms with Gasteiger partial charge in [0.15, 0.2) is 0 Å². The first-order valence-electron chi connectivity index (χ1n) is 7.52. The summed E-state index contributed by atoms with van der Waals surface area (Å²) >= 11 is 0. The molecule has 0 aromatic carbocycles. The topological polar surface area (TPSA) is 72.9 Å². The summed E-state index contributed by atoms with van der Waals surface area (Å²) in [6.45, 7) is 9.75. The number of amides is 1. The minimum atomic E-state index is -0.0303. The summed E-state index contributed by atoms with van der Waals surface area (Å²) in [5.74, 6) is 0.593. The van der Waals surface area contributed by atoms with Crippen molar-refractivity contribution in [3.05, 3.63) is 17.5 Å². The van der Waals surface area contributed by atoms with Gasteiger partial charge in [0.25, 0.3) is 5.91 Å². The SMILES string of the molecule is CCC(C)CC(C)NC(=O)c1cnn(CCCN)c1C. The van der Waals surface area contributed by atoms with Gasteiger partial charge in [-0.3, -0.25) is 9.48 Å². The Morgan fingerprint density at radius 3 is 2.80 bits per heavy atom. The lowest BCUT2D eigenvalue weighted by molar-refractivity contribution is 0.0934. The molecule has 0 radical (unpaired) electrons. The molecule has 1 amide bonds. The fourth-order valence-electron chi connectivity index (χ4n) is 2.27. The van der Waals surface area contributed by atoms with Crippen molar-refractivity contribution in [2.24, 2.45) is 11.7 Å². The van der Waals surface area contributed by atoms with Crippen molar-refractivity contribution >= 4 is 5.91 Å². The minimum Gasteiger partial charge on any atom is -0.349 e. The average Bonchev–Trinajstić information content (AvgIpc) is 2.77. The molecule has 1 aromatic rings. The Labute approximate surface area is 121 Å². The van der Waals surface area contributed by atoms with Crippen molar-refractivity contribution in [2.45, 2.75) is 59.5 Å². The molecule has 0 saturated carbocycles. The van der Waals surface area contributed by atoms with E-state index in [9.17, 15) is 4.79 Å². The van der Waals surface area contributed by atoms with Crippen LogP contribution in [-0.4, -0.2) is 28.3 Å². The molecule has 0 aliphatic heterocycles. The van der Waals surface area contributed by atoms with E-state index in [1.54, 1.807) is 6.20 Å². The summed E-state index contributed by atoms with van der Waals surface area (Å²) in [6.07, 6.45) is 4.66. The fraction of sp³-hybridized carbons (Fsp3) is 0.733. The number of aromatic nitrogens is 2. The first kappa shape index (κ1) is 16.7. The van der Waals surface area contributed by atoms with Gasteiger partial charge < -0.3 is 11.1 Å². The molecule has 3 N–H and O–H groups in total. The van der Waals surface area contributed by atoms with Crippen molar-refractivity contribution in [2.75, 3.05) is 6.54 Å². The van der Waals surface area contributed by atoms with Gasteiger partial charge in [-0.2, -0.15) is 5.10 Å². The van der Waals surface area contributed by atoms with E-state index >= 15 is 0 Å². The van der Waals surface area contributed by atoms with Gasteiger partial charge in [-0.25, -0.2) is 0 Å². The first-order valence-corrected chi connectivity index (χ1v) is 7.52. The first-order chi connectivity index (χ1) is 9.49. The van der Waals surface area contributed by atoms with Crippen LogP contribution in [0.3, 0.4) is 0 Å². The van der Waals surface area contributed by atoms with Crippen LogP contribution in [0.4, 0.5) is 0 Å². The van der Waals surface area contributed by atoms with Crippen LogP contribution in [0.15, 0.2) is 6.20 Å². The summed E-state index contributed by atoms with van der Waals surface area (Å²) in [4.78, 5) is 12.2. The predicted molar refractivity (Wildman–Crippen MR) is 81.6 cm³/mol. The fourth-order valence-corrected chi connectivity index (χ4v) is 2.27. The van der Waals surface area contributed by atoms with Crippen molar-refractivity contribution in [3.63, 3.8) is 0 Å². The third-order valence-electron chi connectivity index (χ3n) is 3.75. The lowest BCUT2D eigenvalue weighted by Crippen LogP contribution is -2.34. The highest BCUT2D eigenvalue weighted by molar-refractivity contribution is 5.95. The van der Waals surface area contributed by atoms with Gasteiger partial charge in [0.05, 0.1) is 11.8 Å². The van der Waals surface area contributed by atoms with Crippen LogP contribution < -0.4 is 11.1 Å². The van der Waals surface area contributed by atoms with Crippen LogP contribution in [-0.2, 0) is 6.54 Å². The molecule has 0 aliphatic rings. The van der Waals surface area contributed by atoms with E-state index in [1.807, 2.05) is 11.6 Å². The van der Waals surface area contributed by atoms with Crippen LogP contribution in [0.25, 0.3) is 0 Å². The molecule has 1 rings (SSSR count). The van der Waals surface area contributed by atoms with E-state index in [1.165, 1.54) is 0 Å². The Morgan fingerprint density at radius 2 is 2.20 bits per heavy atom. The summed E-state index contributed by atoms with van der Waals surface area (Å²) in [5.41, 5.74) is 7.07. The molecule has 5 heteroatoms. The van der Waals surface area contributed by atoms with E-state index in [4.69, 9.17) is 5.73 Å². The maximum Gasteiger partial charge on any atom is 0.254 e. The molecular formula is C15H28N4O. The molecule has 1 heterocycles. The largest absolute Gasteiger partial charge is 0.349 e. The summed E-state index contributed by atoms with van der Waals surface area (Å²) < 4.78 is 1.85. The smallest absolute Gasteiger partial charge is 0.254 e. The number of hydrogen-bond donors (Lipinski definition) is 2. The number of carbonyl (C=O) groups excluding carboxylic acids is 1. The summed E-state index contributed by atoms with van der Waals surface area (Å²) in [5, 5.41) is 7.31. The number of nitrogens with one attached hydrogen (secondary N) is 1. The molecule has 0 bridgehead atoms. The van der Waals surface area contributed by atoms with E-state index in [-0.39, 0.29) is 11.9 Å². The Balaban J connectivity index is 2.61. The Morgan fingerprint density at radius 1 is 1.50 bits per heavy atom. The second kappa shape index (κ2) is 8.04. The standard InChI is InChI=1S/C15H28N4O/c1-5-11(2)9-12(3)18-15(20)14-10-17-19(13(14)4)8-6-7-16/h10-12H,5-9,16H2,1-4H3,(H,18,20). The normalized spacial score (nSPS) is 14.1. The zero-order valence-corrected chi connectivity index (χ0v) is 13.1. The highest BCUT2D eigenvalue weighted by Gasteiger charge is 2.16. The van der Waals surface area contributed by atoms with Crippen molar-refractivity contribution < 1.29 is 4.79 Å². The van der Waals surface area contributed by atoms with E-state index < -0.39 is 0 Å². The molecule has 0 saturated heterocycles. The van der Waals surface area contributed by atoms with Gasteiger partial charge in [-0.15, -0.1) is 0 Å². The highest BCUT2D eigenvalue weighted by atomic mass is 16.1. The number of nitrogens with zero attached hydrogens (tertiary/aromatic N) is 2. The predicted octanol–water partition coefficient (Wildman–Crippen LogP) is 2.09. The van der Waals surface area contributed by atoms with Gasteiger partial charge in [-0.05, 0) is 39.2 Å². The second-order valence-corrected chi connectivity index (χ2v) is 5.63. The lowest BCUT2D eigenvalue weighted by Gasteiger charge is -2.17. The maximum absolute atomic E-state index is 12.2. The van der Waals surface area contributed by atoms with Crippen molar-refractivity contribution in [1.29, 1.82) is 0 Å². The molecule has 2 atom stereocenters. The molecule has 20 heavy (non-hydrogen) atoms. The van der Waals surface area contributed by atoms with E-state index in [0.717, 1.165) is 31.5 Å². The molecule has 0 fully saturated rings. The number of hydrogen-bond acceptors (Lipinski definition) is 3. The maximum atomic E-state index is 12.2. The molecule has 1 aromatic heterocycles. The summed E-state index contributed by atoms with van der Waals surface area (Å²) in [6, 6.07) is 0.184. The van der Waals surface area contributed by atoms with Gasteiger partial charge in [0.2, 0.25) is 0 Å². The molecule has 0 spiro atoms. The molecule has 5 nitrogen and oxygen atoms in total. The van der Waals surface area contributed by atoms with Gasteiger partial charge in [-0.1, -0.05) is 20.3 Å². The van der Waals surface area contributed by atoms with Crippen LogP contribution in [0.2, 0.25) is 0 Å². The van der Waals surface area contributed by atoms with Crippen LogP contribution in [0.5, 0.6) is 0 Å². The minimum absolute atomic E-state index is 0.0303. The monoisotopic (exact) mass is 280 g/mol. The van der Waals surface area contributed by atoms with E-state index in [0.29, 0.717) is 18.0 Å². The Bertz CT molecular complexity index is 428. The van der Waals surface area contributed by atoms with Crippen LogP contribution in [0, 0.1) is 12.8 Å². The van der Waals surface area contributed by atoms with Gasteiger partial charge in [0.1, 0.15) is 0 Å². The molecular weight excluding hydrogens is 252 g/mol. The number of rotatable bonds is 8. The van der Waals surface area contributed by atoms with Crippen LogP contribution in [0.1, 0.15) is 56.1 Å². The zero-order chi connectivity index (χ0) is 15.1. The average molecular weight is 280 g/mol. The third kappa shape index (κ3) is 4.63. The number of carbonyl (C=O) groups is 1. The van der Waals surface area contributed by atoms with Crippen molar-refractivity contribution in [3.8, 4) is 0 Å². The number of nitrogens with two attached hydrogens (primary N) is 1. The Hall–Kier alpha value is -1.36. The summed E-state index contributed by atoms with van der Waals surface area (Å²) in [7, 11) is 0. The molecule has 0 aliphatic carbocycles. The quantitative estimate of drug-likeness (QED) is 0.766. The third-order valence-corrected chi connectivity index (χ3v) is 3.75. The lowest BCUT2D eigenvalue weighted by atomic mass is 10.0. The number of aryl methyl sites for hydroxylation is 1. The van der Waals surface area contributed by atoms with Crippen molar-refractivity contribution in [1.82, 2.24) is 15.1 Å². The molecule has 2 unspecified atom stereocenters.